The van der Waals surface area contributed by atoms with Crippen LogP contribution in [0.1, 0.15) is 17.8 Å². The van der Waals surface area contributed by atoms with Crippen molar-refractivity contribution in [1.82, 2.24) is 14.8 Å². The minimum Gasteiger partial charge on any atom is -0.370 e. The Morgan fingerprint density at radius 2 is 1.84 bits per heavy atom. The number of hydrogen-bond donors (Lipinski definition) is 1. The molecule has 0 aliphatic carbocycles. The van der Waals surface area contributed by atoms with Crippen LogP contribution in [0.15, 0.2) is 72.4 Å². The predicted octanol–water partition coefficient (Wildman–Crippen LogP) is 3.19. The molecule has 166 valence electrons. The van der Waals surface area contributed by atoms with E-state index in [9.17, 15) is 14.0 Å². The van der Waals surface area contributed by atoms with E-state index in [-0.39, 0.29) is 24.6 Å². The summed E-state index contributed by atoms with van der Waals surface area (Å²) in [5.41, 5.74) is 6.85. The van der Waals surface area contributed by atoms with Crippen LogP contribution in [0.3, 0.4) is 0 Å². The highest BCUT2D eigenvalue weighted by molar-refractivity contribution is 7.99. The monoisotopic (exact) mass is 453 g/mol. The van der Waals surface area contributed by atoms with E-state index in [1.54, 1.807) is 6.08 Å². The van der Waals surface area contributed by atoms with Crippen molar-refractivity contribution in [3.63, 3.8) is 0 Å². The van der Waals surface area contributed by atoms with Crippen LogP contribution in [0, 0.1) is 5.82 Å². The van der Waals surface area contributed by atoms with Gasteiger partial charge in [-0.3, -0.25) is 9.59 Å². The molecule has 0 radical (unpaired) electrons. The molecule has 0 atom stereocenters. The summed E-state index contributed by atoms with van der Waals surface area (Å²) in [5, 5.41) is 9.15. The second-order valence-corrected chi connectivity index (χ2v) is 7.93. The summed E-state index contributed by atoms with van der Waals surface area (Å²) >= 11 is 1.25. The molecule has 0 aliphatic heterocycles. The van der Waals surface area contributed by atoms with Crippen LogP contribution in [0.5, 0.6) is 0 Å². The molecule has 0 aliphatic rings. The third-order valence-electron chi connectivity index (χ3n) is 4.66. The maximum atomic E-state index is 13.3. The molecule has 2 aromatic carbocycles. The molecule has 3 aromatic rings. The molecule has 1 heterocycles. The number of carbonyl (C=O) groups is 2. The van der Waals surface area contributed by atoms with Gasteiger partial charge in [0.1, 0.15) is 11.6 Å². The number of amides is 2. The van der Waals surface area contributed by atoms with Gasteiger partial charge in [-0.15, -0.1) is 16.8 Å². The van der Waals surface area contributed by atoms with Crippen LogP contribution in [0.25, 0.3) is 0 Å². The fourth-order valence-corrected chi connectivity index (χ4v) is 3.94. The molecule has 0 saturated carbocycles. The molecule has 0 unspecified atom stereocenters. The van der Waals surface area contributed by atoms with Gasteiger partial charge in [-0.05, 0) is 29.8 Å². The second-order valence-electron chi connectivity index (χ2n) is 6.99. The Morgan fingerprint density at radius 1 is 1.12 bits per heavy atom. The minimum absolute atomic E-state index is 0.00164. The first-order valence-corrected chi connectivity index (χ1v) is 11.0. The lowest BCUT2D eigenvalue weighted by Crippen LogP contribution is -2.35. The molecule has 32 heavy (non-hydrogen) atoms. The van der Waals surface area contributed by atoms with Crippen LogP contribution in [-0.2, 0) is 22.6 Å². The third kappa shape index (κ3) is 6.27. The van der Waals surface area contributed by atoms with Crippen LogP contribution in [0.2, 0.25) is 0 Å². The number of carbonyl (C=O) groups excluding carboxylic acids is 2. The highest BCUT2D eigenvalue weighted by atomic mass is 32.2. The van der Waals surface area contributed by atoms with Crippen LogP contribution in [0.4, 0.5) is 10.1 Å². The molecule has 0 fully saturated rings. The standard InChI is InChI=1S/C23H24FN5O2S/c1-2-13-29-21(15-17-6-4-3-5-7-17)26-27-23(29)32-16-22(31)28(14-12-20(25)30)19-10-8-18(24)9-11-19/h2-11H,1,12-16H2,(H2,25,30). The van der Waals surface area contributed by atoms with Gasteiger partial charge in [-0.1, -0.05) is 48.2 Å². The predicted molar refractivity (Wildman–Crippen MR) is 123 cm³/mol. The molecule has 2 N–H and O–H groups in total. The van der Waals surface area contributed by atoms with E-state index in [0.29, 0.717) is 23.8 Å². The topological polar surface area (TPSA) is 94.1 Å². The van der Waals surface area contributed by atoms with Crippen molar-refractivity contribution in [3.05, 3.63) is 84.5 Å². The SMILES string of the molecule is C=CCn1c(Cc2ccccc2)nnc1SCC(=O)N(CCC(N)=O)c1ccc(F)cc1. The Hall–Kier alpha value is -3.46. The van der Waals surface area contributed by atoms with Gasteiger partial charge in [-0.25, -0.2) is 4.39 Å². The maximum absolute atomic E-state index is 13.3. The summed E-state index contributed by atoms with van der Waals surface area (Å²) in [7, 11) is 0. The molecule has 0 saturated heterocycles. The smallest absolute Gasteiger partial charge is 0.237 e. The lowest BCUT2D eigenvalue weighted by molar-refractivity contribution is -0.118. The Morgan fingerprint density at radius 3 is 2.50 bits per heavy atom. The Bertz CT molecular complexity index is 1070. The zero-order chi connectivity index (χ0) is 22.9. The highest BCUT2D eigenvalue weighted by Crippen LogP contribution is 2.22. The average Bonchev–Trinajstić information content (AvgIpc) is 3.15. The summed E-state index contributed by atoms with van der Waals surface area (Å²) in [6, 6.07) is 15.4. The average molecular weight is 454 g/mol. The fraction of sp³-hybridized carbons (Fsp3) is 0.217. The van der Waals surface area contributed by atoms with Crippen LogP contribution in [-0.4, -0.2) is 38.9 Å². The summed E-state index contributed by atoms with van der Waals surface area (Å²) in [5.74, 6) is -0.338. The molecule has 0 spiro atoms. The van der Waals surface area contributed by atoms with E-state index in [4.69, 9.17) is 5.73 Å². The number of allylic oxidation sites excluding steroid dienone is 1. The lowest BCUT2D eigenvalue weighted by atomic mass is 10.1. The van der Waals surface area contributed by atoms with Crippen molar-refractivity contribution in [1.29, 1.82) is 0 Å². The number of nitrogens with two attached hydrogens (primary N) is 1. The minimum atomic E-state index is -0.520. The number of anilines is 1. The van der Waals surface area contributed by atoms with Crippen molar-refractivity contribution in [2.24, 2.45) is 5.73 Å². The normalized spacial score (nSPS) is 10.7. The first-order chi connectivity index (χ1) is 15.5. The lowest BCUT2D eigenvalue weighted by Gasteiger charge is -2.22. The zero-order valence-electron chi connectivity index (χ0n) is 17.5. The van der Waals surface area contributed by atoms with E-state index in [0.717, 1.165) is 11.4 Å². The van der Waals surface area contributed by atoms with Gasteiger partial charge in [0, 0.05) is 31.6 Å². The van der Waals surface area contributed by atoms with Gasteiger partial charge in [0.15, 0.2) is 5.16 Å². The zero-order valence-corrected chi connectivity index (χ0v) is 18.3. The Balaban J connectivity index is 1.74. The van der Waals surface area contributed by atoms with Crippen molar-refractivity contribution in [2.45, 2.75) is 24.5 Å². The van der Waals surface area contributed by atoms with Gasteiger partial charge in [0.2, 0.25) is 11.8 Å². The highest BCUT2D eigenvalue weighted by Gasteiger charge is 2.19. The number of aromatic nitrogens is 3. The van der Waals surface area contributed by atoms with Gasteiger partial charge in [0.25, 0.3) is 0 Å². The number of hydrogen-bond acceptors (Lipinski definition) is 5. The van der Waals surface area contributed by atoms with E-state index >= 15 is 0 Å². The number of rotatable bonds is 11. The van der Waals surface area contributed by atoms with Crippen molar-refractivity contribution in [2.75, 3.05) is 17.2 Å². The first kappa shape index (κ1) is 23.2. The first-order valence-electron chi connectivity index (χ1n) is 10.0. The Kier molecular flexibility index (Phi) is 8.15. The number of primary amides is 1. The van der Waals surface area contributed by atoms with Crippen molar-refractivity contribution < 1.29 is 14.0 Å². The van der Waals surface area contributed by atoms with Gasteiger partial charge in [-0.2, -0.15) is 0 Å². The van der Waals surface area contributed by atoms with Gasteiger partial charge in [0.05, 0.1) is 5.75 Å². The summed E-state index contributed by atoms with van der Waals surface area (Å²) in [4.78, 5) is 25.6. The quantitative estimate of drug-likeness (QED) is 0.355. The number of thioether (sulfide) groups is 1. The van der Waals surface area contributed by atoms with Crippen LogP contribution < -0.4 is 10.6 Å². The molecule has 1 aromatic heterocycles. The third-order valence-corrected chi connectivity index (χ3v) is 5.61. The number of benzene rings is 2. The van der Waals surface area contributed by atoms with Crippen molar-refractivity contribution in [3.8, 4) is 0 Å². The summed E-state index contributed by atoms with van der Waals surface area (Å²) < 4.78 is 15.2. The largest absolute Gasteiger partial charge is 0.370 e. The number of halogens is 1. The molecule has 9 heteroatoms. The van der Waals surface area contributed by atoms with E-state index < -0.39 is 11.7 Å². The summed E-state index contributed by atoms with van der Waals surface area (Å²) in [6.45, 7) is 4.42. The molecule has 0 bridgehead atoms. The van der Waals surface area contributed by atoms with Crippen LogP contribution >= 0.6 is 11.8 Å². The fourth-order valence-electron chi connectivity index (χ4n) is 3.09. The van der Waals surface area contributed by atoms with Crippen molar-refractivity contribution >= 4 is 29.3 Å². The second kappa shape index (κ2) is 11.2. The van der Waals surface area contributed by atoms with E-state index in [1.807, 2.05) is 34.9 Å². The maximum Gasteiger partial charge on any atom is 0.237 e. The molecule has 3 rings (SSSR count). The molecule has 2 amide bonds. The van der Waals surface area contributed by atoms with Gasteiger partial charge >= 0.3 is 0 Å². The molecular weight excluding hydrogens is 429 g/mol. The van der Waals surface area contributed by atoms with Gasteiger partial charge < -0.3 is 15.2 Å². The molecular formula is C23H24FN5O2S. The van der Waals surface area contributed by atoms with E-state index in [2.05, 4.69) is 16.8 Å². The molecule has 7 nitrogen and oxygen atoms in total. The summed E-state index contributed by atoms with van der Waals surface area (Å²) in [6.07, 6.45) is 2.36. The van der Waals surface area contributed by atoms with E-state index in [1.165, 1.54) is 40.9 Å². The Labute approximate surface area is 190 Å². The number of nitrogens with zero attached hydrogens (tertiary/aromatic N) is 4.